The molecule has 2 N–H and O–H groups in total. The molecular formula is C12H20N2O. The molecule has 15 heavy (non-hydrogen) atoms. The molecule has 0 saturated heterocycles. The summed E-state index contributed by atoms with van der Waals surface area (Å²) in [5.74, 6) is 1.51. The lowest BCUT2D eigenvalue weighted by atomic mass is 9.84. The van der Waals surface area contributed by atoms with Crippen LogP contribution in [0.5, 0.6) is 5.88 Å². The zero-order valence-corrected chi connectivity index (χ0v) is 9.90. The van der Waals surface area contributed by atoms with Crippen molar-refractivity contribution in [2.45, 2.75) is 32.7 Å². The first-order chi connectivity index (χ1) is 7.06. The van der Waals surface area contributed by atoms with Gasteiger partial charge in [0.1, 0.15) is 0 Å². The summed E-state index contributed by atoms with van der Waals surface area (Å²) in [7, 11) is 1.63. The van der Waals surface area contributed by atoms with E-state index in [4.69, 9.17) is 10.5 Å². The number of aromatic nitrogens is 1. The Hall–Kier alpha value is -1.09. The van der Waals surface area contributed by atoms with E-state index in [2.05, 4.69) is 18.8 Å². The summed E-state index contributed by atoms with van der Waals surface area (Å²) in [6, 6.07) is 4.11. The molecule has 2 atom stereocenters. The molecule has 0 aliphatic rings. The molecule has 0 aromatic carbocycles. The van der Waals surface area contributed by atoms with Gasteiger partial charge in [-0.3, -0.25) is 0 Å². The van der Waals surface area contributed by atoms with Crippen LogP contribution in [0.15, 0.2) is 18.3 Å². The van der Waals surface area contributed by atoms with Gasteiger partial charge >= 0.3 is 0 Å². The van der Waals surface area contributed by atoms with Crippen LogP contribution < -0.4 is 10.5 Å². The molecule has 0 amide bonds. The minimum absolute atomic E-state index is 0.136. The van der Waals surface area contributed by atoms with Crippen molar-refractivity contribution in [3.05, 3.63) is 23.9 Å². The highest BCUT2D eigenvalue weighted by atomic mass is 16.5. The highest BCUT2D eigenvalue weighted by Gasteiger charge is 2.20. The van der Waals surface area contributed by atoms with Gasteiger partial charge in [-0.2, -0.15) is 0 Å². The second kappa shape index (κ2) is 5.12. The third-order valence-corrected chi connectivity index (χ3v) is 2.64. The van der Waals surface area contributed by atoms with Crippen LogP contribution in [0.2, 0.25) is 0 Å². The van der Waals surface area contributed by atoms with Gasteiger partial charge in [-0.25, -0.2) is 4.98 Å². The van der Waals surface area contributed by atoms with Crippen molar-refractivity contribution in [3.63, 3.8) is 0 Å². The molecule has 0 aliphatic heterocycles. The summed E-state index contributed by atoms with van der Waals surface area (Å²) < 4.78 is 5.11. The third kappa shape index (κ3) is 2.93. The Bertz CT molecular complexity index is 302. The van der Waals surface area contributed by atoms with E-state index in [-0.39, 0.29) is 6.04 Å². The Morgan fingerprint density at radius 2 is 2.00 bits per heavy atom. The molecule has 1 rings (SSSR count). The van der Waals surface area contributed by atoms with Gasteiger partial charge in [0.05, 0.1) is 7.11 Å². The van der Waals surface area contributed by atoms with Gasteiger partial charge < -0.3 is 10.5 Å². The maximum absolute atomic E-state index is 6.00. The number of pyridine rings is 1. The maximum Gasteiger partial charge on any atom is 0.213 e. The van der Waals surface area contributed by atoms with E-state index in [9.17, 15) is 0 Å². The zero-order valence-electron chi connectivity index (χ0n) is 9.90. The molecule has 2 unspecified atom stereocenters. The van der Waals surface area contributed by atoms with E-state index in [1.54, 1.807) is 13.3 Å². The van der Waals surface area contributed by atoms with Crippen molar-refractivity contribution in [2.75, 3.05) is 7.11 Å². The molecule has 3 nitrogen and oxygen atoms in total. The molecule has 0 spiro atoms. The molecule has 0 bridgehead atoms. The molecule has 0 aliphatic carbocycles. The smallest absolute Gasteiger partial charge is 0.213 e. The quantitative estimate of drug-likeness (QED) is 0.825. The lowest BCUT2D eigenvalue weighted by Crippen LogP contribution is -2.28. The maximum atomic E-state index is 6.00. The van der Waals surface area contributed by atoms with Crippen molar-refractivity contribution >= 4 is 0 Å². The van der Waals surface area contributed by atoms with E-state index >= 15 is 0 Å². The summed E-state index contributed by atoms with van der Waals surface area (Å²) in [6.07, 6.45) is 1.77. The SMILES string of the molecule is COc1cc(C(C(C)C)C(C)N)ccn1. The van der Waals surface area contributed by atoms with Crippen molar-refractivity contribution in [2.24, 2.45) is 11.7 Å². The number of nitrogens with two attached hydrogens (primary N) is 1. The first-order valence-corrected chi connectivity index (χ1v) is 5.31. The first kappa shape index (κ1) is 12.0. The molecule has 3 heteroatoms. The van der Waals surface area contributed by atoms with Crippen LogP contribution >= 0.6 is 0 Å². The third-order valence-electron chi connectivity index (χ3n) is 2.64. The fraction of sp³-hybridized carbons (Fsp3) is 0.583. The first-order valence-electron chi connectivity index (χ1n) is 5.31. The normalized spacial score (nSPS) is 15.1. The van der Waals surface area contributed by atoms with Gasteiger partial charge in [0.25, 0.3) is 0 Å². The lowest BCUT2D eigenvalue weighted by Gasteiger charge is -2.25. The molecule has 0 fully saturated rings. The summed E-state index contributed by atoms with van der Waals surface area (Å²) >= 11 is 0. The van der Waals surface area contributed by atoms with Crippen LogP contribution in [0.3, 0.4) is 0 Å². The Balaban J connectivity index is 3.00. The lowest BCUT2D eigenvalue weighted by molar-refractivity contribution is 0.392. The topological polar surface area (TPSA) is 48.1 Å². The number of hydrogen-bond donors (Lipinski definition) is 1. The molecule has 84 valence electrons. The average molecular weight is 208 g/mol. The average Bonchev–Trinajstić information content (AvgIpc) is 2.17. The van der Waals surface area contributed by atoms with Crippen LogP contribution in [0.1, 0.15) is 32.3 Å². The van der Waals surface area contributed by atoms with Gasteiger partial charge in [0, 0.05) is 24.2 Å². The summed E-state index contributed by atoms with van der Waals surface area (Å²) in [4.78, 5) is 4.10. The fourth-order valence-corrected chi connectivity index (χ4v) is 2.04. The zero-order chi connectivity index (χ0) is 11.4. The van der Waals surface area contributed by atoms with Gasteiger partial charge in [0.15, 0.2) is 0 Å². The van der Waals surface area contributed by atoms with Crippen molar-refractivity contribution in [3.8, 4) is 5.88 Å². The number of rotatable bonds is 4. The highest BCUT2D eigenvalue weighted by molar-refractivity contribution is 5.25. The Morgan fingerprint density at radius 3 is 2.47 bits per heavy atom. The van der Waals surface area contributed by atoms with Crippen LogP contribution in [0.4, 0.5) is 0 Å². The molecular weight excluding hydrogens is 188 g/mol. The van der Waals surface area contributed by atoms with E-state index in [0.717, 1.165) is 0 Å². The molecule has 1 aromatic heterocycles. The van der Waals surface area contributed by atoms with Gasteiger partial charge in [0.2, 0.25) is 5.88 Å². The summed E-state index contributed by atoms with van der Waals surface area (Å²) in [5.41, 5.74) is 7.20. The van der Waals surface area contributed by atoms with E-state index in [0.29, 0.717) is 17.7 Å². The second-order valence-corrected chi connectivity index (χ2v) is 4.26. The van der Waals surface area contributed by atoms with Gasteiger partial charge in [-0.05, 0) is 24.5 Å². The molecule has 1 aromatic rings. The minimum atomic E-state index is 0.136. The van der Waals surface area contributed by atoms with E-state index in [1.807, 2.05) is 19.1 Å². The number of methoxy groups -OCH3 is 1. The molecule has 1 heterocycles. The highest BCUT2D eigenvalue weighted by Crippen LogP contribution is 2.28. The van der Waals surface area contributed by atoms with Crippen LogP contribution in [-0.4, -0.2) is 18.1 Å². The van der Waals surface area contributed by atoms with Crippen molar-refractivity contribution < 1.29 is 4.74 Å². The number of nitrogens with zero attached hydrogens (tertiary/aromatic N) is 1. The Morgan fingerprint density at radius 1 is 1.33 bits per heavy atom. The second-order valence-electron chi connectivity index (χ2n) is 4.26. The largest absolute Gasteiger partial charge is 0.481 e. The number of ether oxygens (including phenoxy) is 1. The van der Waals surface area contributed by atoms with Crippen LogP contribution in [0, 0.1) is 5.92 Å². The fourth-order valence-electron chi connectivity index (χ4n) is 2.04. The predicted octanol–water partition coefficient (Wildman–Crippen LogP) is 2.18. The monoisotopic (exact) mass is 208 g/mol. The molecule has 0 saturated carbocycles. The van der Waals surface area contributed by atoms with E-state index < -0.39 is 0 Å². The number of hydrogen-bond acceptors (Lipinski definition) is 3. The minimum Gasteiger partial charge on any atom is -0.481 e. The standard InChI is InChI=1S/C12H20N2O/c1-8(2)12(9(3)13)10-5-6-14-11(7-10)15-4/h5-9,12H,13H2,1-4H3. The van der Waals surface area contributed by atoms with Crippen molar-refractivity contribution in [1.29, 1.82) is 0 Å². The molecule has 0 radical (unpaired) electrons. The van der Waals surface area contributed by atoms with E-state index in [1.165, 1.54) is 5.56 Å². The summed E-state index contributed by atoms with van der Waals surface area (Å²) in [6.45, 7) is 6.40. The predicted molar refractivity (Wildman–Crippen MR) is 62.0 cm³/mol. The van der Waals surface area contributed by atoms with Gasteiger partial charge in [-0.1, -0.05) is 13.8 Å². The van der Waals surface area contributed by atoms with Gasteiger partial charge in [-0.15, -0.1) is 0 Å². The van der Waals surface area contributed by atoms with Crippen molar-refractivity contribution in [1.82, 2.24) is 4.98 Å². The van der Waals surface area contributed by atoms with Crippen LogP contribution in [-0.2, 0) is 0 Å². The Kier molecular flexibility index (Phi) is 4.09. The Labute approximate surface area is 91.7 Å². The summed E-state index contributed by atoms with van der Waals surface area (Å²) in [5, 5.41) is 0. The van der Waals surface area contributed by atoms with Crippen LogP contribution in [0.25, 0.3) is 0 Å².